The van der Waals surface area contributed by atoms with Crippen LogP contribution in [0.4, 0.5) is 13.2 Å². The monoisotopic (exact) mass is 183 g/mol. The van der Waals surface area contributed by atoms with Gasteiger partial charge in [0.2, 0.25) is 0 Å². The highest BCUT2D eigenvalue weighted by atomic mass is 32.2. The van der Waals surface area contributed by atoms with Gasteiger partial charge in [-0.05, 0) is 5.75 Å². The number of hydrogen-bond acceptors (Lipinski definition) is 1. The first-order valence-electron chi connectivity index (χ1n) is 2.86. The summed E-state index contributed by atoms with van der Waals surface area (Å²) in [5.41, 5.74) is 0. The highest BCUT2D eigenvalue weighted by molar-refractivity contribution is 8.14. The summed E-state index contributed by atoms with van der Waals surface area (Å²) >= 11 is 0. The van der Waals surface area contributed by atoms with Crippen LogP contribution >= 0.6 is 10.5 Å². The lowest BCUT2D eigenvalue weighted by molar-refractivity contribution is -0.129. The largest absolute Gasteiger partial charge is 0.389 e. The minimum Gasteiger partial charge on any atom is -0.197 e. The van der Waals surface area contributed by atoms with Crippen LogP contribution in [-0.4, -0.2) is 23.6 Å². The van der Waals surface area contributed by atoms with E-state index >= 15 is 0 Å². The number of nitriles is 1. The summed E-state index contributed by atoms with van der Waals surface area (Å²) in [5.74, 6) is 3.53. The van der Waals surface area contributed by atoms with Crippen molar-refractivity contribution >= 4 is 16.4 Å². The lowest BCUT2D eigenvalue weighted by atomic mass is 10.5. The van der Waals surface area contributed by atoms with E-state index in [9.17, 15) is 13.2 Å². The van der Waals surface area contributed by atoms with E-state index in [4.69, 9.17) is 5.26 Å². The lowest BCUT2D eigenvalue weighted by Crippen LogP contribution is -2.08. The molecule has 0 aromatic carbocycles. The van der Waals surface area contributed by atoms with E-state index in [0.29, 0.717) is 0 Å². The summed E-state index contributed by atoms with van der Waals surface area (Å²) < 4.78 is 34.7. The van der Waals surface area contributed by atoms with Crippen LogP contribution in [0.5, 0.6) is 0 Å². The van der Waals surface area contributed by atoms with E-state index in [1.165, 1.54) is 0 Å². The highest BCUT2D eigenvalue weighted by Crippen LogP contribution is 2.23. The smallest absolute Gasteiger partial charge is 0.197 e. The molecule has 0 aromatic heterocycles. The van der Waals surface area contributed by atoms with Crippen molar-refractivity contribution in [2.45, 2.75) is 12.6 Å². The van der Waals surface area contributed by atoms with Crippen molar-refractivity contribution in [3.8, 4) is 6.07 Å². The van der Waals surface area contributed by atoms with E-state index in [0.717, 1.165) is 0 Å². The Hall–Kier alpha value is -0.500. The van der Waals surface area contributed by atoms with Gasteiger partial charge in [-0.3, -0.25) is 0 Å². The van der Waals surface area contributed by atoms with E-state index in [1.807, 2.05) is 0 Å². The molecule has 0 N–H and O–H groups in total. The van der Waals surface area contributed by atoms with Crippen molar-refractivity contribution in [3.63, 3.8) is 0 Å². The van der Waals surface area contributed by atoms with Gasteiger partial charge in [0.25, 0.3) is 0 Å². The Morgan fingerprint density at radius 3 is 2.36 bits per heavy atom. The Labute approximate surface area is 65.7 Å². The van der Waals surface area contributed by atoms with Gasteiger partial charge in [0, 0.05) is 0 Å². The average molecular weight is 183 g/mol. The second kappa shape index (κ2) is 4.39. The SMILES string of the molecule is C=S(CC#N)CCC(F)(F)F. The van der Waals surface area contributed by atoms with Gasteiger partial charge in [0.05, 0.1) is 18.2 Å². The van der Waals surface area contributed by atoms with Crippen molar-refractivity contribution in [3.05, 3.63) is 0 Å². The summed E-state index contributed by atoms with van der Waals surface area (Å²) in [4.78, 5) is 0. The summed E-state index contributed by atoms with van der Waals surface area (Å²) in [5, 5.41) is 8.10. The van der Waals surface area contributed by atoms with Crippen LogP contribution in [0, 0.1) is 11.3 Å². The molecule has 0 heterocycles. The second-order valence-corrected chi connectivity index (χ2v) is 3.91. The third kappa shape index (κ3) is 7.40. The van der Waals surface area contributed by atoms with Crippen LogP contribution in [0.1, 0.15) is 6.42 Å². The molecule has 0 saturated carbocycles. The molecule has 0 amide bonds. The molecule has 1 atom stereocenters. The molecule has 0 aliphatic heterocycles. The molecule has 0 bridgehead atoms. The van der Waals surface area contributed by atoms with Crippen LogP contribution in [0.25, 0.3) is 0 Å². The molecule has 1 nitrogen and oxygen atoms in total. The topological polar surface area (TPSA) is 23.8 Å². The van der Waals surface area contributed by atoms with E-state index in [2.05, 4.69) is 5.87 Å². The minimum atomic E-state index is -4.11. The van der Waals surface area contributed by atoms with E-state index in [1.54, 1.807) is 6.07 Å². The molecule has 0 rings (SSSR count). The maximum absolute atomic E-state index is 11.6. The van der Waals surface area contributed by atoms with Crippen LogP contribution in [0.3, 0.4) is 0 Å². The van der Waals surface area contributed by atoms with Gasteiger partial charge in [-0.15, -0.1) is 0 Å². The zero-order chi connectivity index (χ0) is 8.91. The van der Waals surface area contributed by atoms with Crippen molar-refractivity contribution in [1.29, 1.82) is 5.26 Å². The zero-order valence-electron chi connectivity index (χ0n) is 5.82. The summed E-state index contributed by atoms with van der Waals surface area (Å²) in [6, 6.07) is 1.79. The molecular formula is C6H8F3NS. The molecule has 5 heteroatoms. The number of nitrogens with zero attached hydrogens (tertiary/aromatic N) is 1. The maximum Gasteiger partial charge on any atom is 0.389 e. The van der Waals surface area contributed by atoms with Crippen LogP contribution < -0.4 is 0 Å². The van der Waals surface area contributed by atoms with Gasteiger partial charge in [0.1, 0.15) is 0 Å². The Balaban J connectivity index is 3.57. The first-order chi connectivity index (χ1) is 4.95. The average Bonchev–Trinajstić information content (AvgIpc) is 1.83. The Morgan fingerprint density at radius 1 is 1.45 bits per heavy atom. The van der Waals surface area contributed by atoms with Gasteiger partial charge in [0.15, 0.2) is 0 Å². The maximum atomic E-state index is 11.6. The molecule has 0 aromatic rings. The van der Waals surface area contributed by atoms with E-state index in [-0.39, 0.29) is 11.5 Å². The van der Waals surface area contributed by atoms with Crippen LogP contribution in [-0.2, 0) is 0 Å². The third-order valence-electron chi connectivity index (χ3n) is 0.943. The summed E-state index contributed by atoms with van der Waals surface area (Å²) in [6.45, 7) is 0. The molecule has 0 spiro atoms. The molecule has 0 fully saturated rings. The fourth-order valence-corrected chi connectivity index (χ4v) is 1.27. The molecule has 1 unspecified atom stereocenters. The van der Waals surface area contributed by atoms with Crippen molar-refractivity contribution in [2.75, 3.05) is 11.5 Å². The normalized spacial score (nSPS) is 14.0. The summed E-state index contributed by atoms with van der Waals surface area (Å²) in [6.07, 6.45) is -4.94. The molecule has 0 radical (unpaired) electrons. The Kier molecular flexibility index (Phi) is 4.19. The van der Waals surface area contributed by atoms with Gasteiger partial charge < -0.3 is 0 Å². The molecule has 0 aliphatic rings. The zero-order valence-corrected chi connectivity index (χ0v) is 6.63. The minimum absolute atomic E-state index is 0.0307. The molecule has 0 saturated heterocycles. The third-order valence-corrected chi connectivity index (χ3v) is 2.26. The number of rotatable bonds is 3. The molecule has 11 heavy (non-hydrogen) atoms. The van der Waals surface area contributed by atoms with Crippen molar-refractivity contribution < 1.29 is 13.2 Å². The number of alkyl halides is 3. The first kappa shape index (κ1) is 10.5. The second-order valence-electron chi connectivity index (χ2n) is 1.98. The highest BCUT2D eigenvalue weighted by Gasteiger charge is 2.26. The first-order valence-corrected chi connectivity index (χ1v) is 4.60. The molecular weight excluding hydrogens is 175 g/mol. The Bertz CT molecular complexity index is 179. The predicted molar refractivity (Wildman–Crippen MR) is 40.7 cm³/mol. The fourth-order valence-electron chi connectivity index (χ4n) is 0.424. The number of halogens is 3. The fraction of sp³-hybridized carbons (Fsp3) is 0.667. The predicted octanol–water partition coefficient (Wildman–Crippen LogP) is 2.16. The van der Waals surface area contributed by atoms with Gasteiger partial charge in [-0.2, -0.15) is 28.9 Å². The number of hydrogen-bond donors (Lipinski definition) is 0. The standard InChI is InChI=1S/C6H8F3NS/c1-11(5-3-10)4-2-6(7,8)9/h1-2,4-5H2. The Morgan fingerprint density at radius 2 is 2.00 bits per heavy atom. The van der Waals surface area contributed by atoms with Gasteiger partial charge >= 0.3 is 6.18 Å². The van der Waals surface area contributed by atoms with Crippen molar-refractivity contribution in [2.24, 2.45) is 0 Å². The lowest BCUT2D eigenvalue weighted by Gasteiger charge is -2.06. The van der Waals surface area contributed by atoms with Crippen LogP contribution in [0.2, 0.25) is 0 Å². The quantitative estimate of drug-likeness (QED) is 0.615. The molecule has 0 aliphatic carbocycles. The van der Waals surface area contributed by atoms with Gasteiger partial charge in [-0.25, -0.2) is 0 Å². The van der Waals surface area contributed by atoms with Gasteiger partial charge in [-0.1, -0.05) is 5.87 Å². The summed E-state index contributed by atoms with van der Waals surface area (Å²) in [7, 11) is -0.648. The van der Waals surface area contributed by atoms with E-state index < -0.39 is 23.1 Å². The van der Waals surface area contributed by atoms with Crippen LogP contribution in [0.15, 0.2) is 0 Å². The molecule has 64 valence electrons. The van der Waals surface area contributed by atoms with Crippen molar-refractivity contribution in [1.82, 2.24) is 0 Å².